The number of aliphatic hydroxyl groups excluding tert-OH is 1. The van der Waals surface area contributed by atoms with Crippen molar-refractivity contribution in [3.8, 4) is 0 Å². The molecule has 25 heavy (non-hydrogen) atoms. The minimum atomic E-state index is -3.27. The molecule has 1 aromatic carbocycles. The smallest absolute Gasteiger partial charge is 0.232 e. The van der Waals surface area contributed by atoms with Gasteiger partial charge in [0, 0.05) is 25.7 Å². The van der Waals surface area contributed by atoms with E-state index in [1.165, 1.54) is 17.0 Å². The maximum absolute atomic E-state index is 12.0. The topological polar surface area (TPSA) is 60.9 Å². The van der Waals surface area contributed by atoms with E-state index in [4.69, 9.17) is 0 Å². The van der Waals surface area contributed by atoms with Gasteiger partial charge in [-0.3, -0.25) is 9.21 Å². The van der Waals surface area contributed by atoms with E-state index in [-0.39, 0.29) is 6.04 Å². The van der Waals surface area contributed by atoms with E-state index in [1.807, 2.05) is 25.1 Å². The SMILES string of the molecule is C[C@@H]1C[C@H](C)CN(C[C@@H](O)c2ccc3c(c2)C[C@H](C)N3S(C)(=O)=O)C1. The molecule has 2 heterocycles. The van der Waals surface area contributed by atoms with Gasteiger partial charge in [0.15, 0.2) is 0 Å². The van der Waals surface area contributed by atoms with Gasteiger partial charge in [-0.15, -0.1) is 0 Å². The molecule has 0 radical (unpaired) electrons. The number of piperidine rings is 1. The monoisotopic (exact) mass is 366 g/mol. The highest BCUT2D eigenvalue weighted by atomic mass is 32.2. The van der Waals surface area contributed by atoms with Gasteiger partial charge >= 0.3 is 0 Å². The molecule has 0 saturated carbocycles. The molecule has 1 saturated heterocycles. The molecule has 2 aliphatic heterocycles. The molecule has 6 heteroatoms. The van der Waals surface area contributed by atoms with E-state index >= 15 is 0 Å². The molecule has 1 fully saturated rings. The van der Waals surface area contributed by atoms with Gasteiger partial charge < -0.3 is 5.11 Å². The molecule has 3 rings (SSSR count). The van der Waals surface area contributed by atoms with Crippen LogP contribution in [-0.4, -0.2) is 50.4 Å². The van der Waals surface area contributed by atoms with E-state index in [2.05, 4.69) is 18.7 Å². The van der Waals surface area contributed by atoms with Gasteiger partial charge in [-0.2, -0.15) is 0 Å². The van der Waals surface area contributed by atoms with Crippen molar-refractivity contribution in [2.75, 3.05) is 30.2 Å². The highest BCUT2D eigenvalue weighted by Gasteiger charge is 2.33. The Morgan fingerprint density at radius 2 is 1.84 bits per heavy atom. The summed E-state index contributed by atoms with van der Waals surface area (Å²) in [5, 5.41) is 10.7. The lowest BCUT2D eigenvalue weighted by Gasteiger charge is -2.36. The van der Waals surface area contributed by atoms with Crippen LogP contribution in [0.15, 0.2) is 18.2 Å². The number of anilines is 1. The zero-order valence-corrected chi connectivity index (χ0v) is 16.5. The molecule has 0 bridgehead atoms. The largest absolute Gasteiger partial charge is 0.387 e. The Hall–Kier alpha value is -1.11. The maximum Gasteiger partial charge on any atom is 0.232 e. The Labute approximate surface area is 151 Å². The van der Waals surface area contributed by atoms with Gasteiger partial charge in [-0.05, 0) is 48.8 Å². The van der Waals surface area contributed by atoms with E-state index in [0.29, 0.717) is 24.8 Å². The second kappa shape index (κ2) is 6.89. The molecule has 1 N–H and O–H groups in total. The van der Waals surface area contributed by atoms with Crippen LogP contribution in [0.1, 0.15) is 44.4 Å². The number of hydrogen-bond donors (Lipinski definition) is 1. The summed E-state index contributed by atoms with van der Waals surface area (Å²) in [4.78, 5) is 2.35. The lowest BCUT2D eigenvalue weighted by atomic mass is 9.91. The number of hydrogen-bond acceptors (Lipinski definition) is 4. The van der Waals surface area contributed by atoms with Crippen LogP contribution in [0.3, 0.4) is 0 Å². The highest BCUT2D eigenvalue weighted by molar-refractivity contribution is 7.92. The van der Waals surface area contributed by atoms with Gasteiger partial charge in [0.2, 0.25) is 10.0 Å². The quantitative estimate of drug-likeness (QED) is 0.889. The summed E-state index contributed by atoms with van der Waals surface area (Å²) in [7, 11) is -3.27. The highest BCUT2D eigenvalue weighted by Crippen LogP contribution is 2.36. The summed E-state index contributed by atoms with van der Waals surface area (Å²) >= 11 is 0. The second-order valence-electron chi connectivity index (χ2n) is 8.18. The first-order valence-electron chi connectivity index (χ1n) is 9.17. The number of benzene rings is 1. The Balaban J connectivity index is 1.75. The third-order valence-electron chi connectivity index (χ3n) is 5.37. The lowest BCUT2D eigenvalue weighted by Crippen LogP contribution is -2.40. The van der Waals surface area contributed by atoms with Crippen molar-refractivity contribution < 1.29 is 13.5 Å². The van der Waals surface area contributed by atoms with Gasteiger partial charge in [0.05, 0.1) is 18.0 Å². The third-order valence-corrected chi connectivity index (χ3v) is 6.65. The zero-order chi connectivity index (χ0) is 18.4. The molecule has 1 aromatic rings. The van der Waals surface area contributed by atoms with E-state index in [9.17, 15) is 13.5 Å². The third kappa shape index (κ3) is 4.01. The van der Waals surface area contributed by atoms with Crippen molar-refractivity contribution >= 4 is 15.7 Å². The van der Waals surface area contributed by atoms with Crippen molar-refractivity contribution in [1.29, 1.82) is 0 Å². The molecular weight excluding hydrogens is 336 g/mol. The van der Waals surface area contributed by atoms with Crippen molar-refractivity contribution in [2.24, 2.45) is 11.8 Å². The Kier molecular flexibility index (Phi) is 5.15. The first-order chi connectivity index (χ1) is 11.6. The second-order valence-corrected chi connectivity index (χ2v) is 10.0. The van der Waals surface area contributed by atoms with E-state index in [0.717, 1.165) is 29.9 Å². The lowest BCUT2D eigenvalue weighted by molar-refractivity contribution is 0.0699. The number of sulfonamides is 1. The molecular formula is C19H30N2O3S. The Morgan fingerprint density at radius 3 is 2.44 bits per heavy atom. The summed E-state index contributed by atoms with van der Waals surface area (Å²) < 4.78 is 25.5. The van der Waals surface area contributed by atoms with Crippen LogP contribution in [0.4, 0.5) is 5.69 Å². The number of likely N-dealkylation sites (tertiary alicyclic amines) is 1. The molecule has 140 valence electrons. The summed E-state index contributed by atoms with van der Waals surface area (Å²) in [6.07, 6.45) is 2.66. The Bertz CT molecular complexity index is 724. The van der Waals surface area contributed by atoms with Gasteiger partial charge in [-0.25, -0.2) is 8.42 Å². The molecule has 0 amide bonds. The minimum absolute atomic E-state index is 0.0683. The number of rotatable bonds is 4. The zero-order valence-electron chi connectivity index (χ0n) is 15.6. The van der Waals surface area contributed by atoms with Crippen molar-refractivity contribution in [3.63, 3.8) is 0 Å². The fourth-order valence-electron chi connectivity index (χ4n) is 4.63. The van der Waals surface area contributed by atoms with Crippen LogP contribution in [0, 0.1) is 11.8 Å². The average Bonchev–Trinajstić information content (AvgIpc) is 2.80. The minimum Gasteiger partial charge on any atom is -0.387 e. The molecule has 2 aliphatic rings. The summed E-state index contributed by atoms with van der Waals surface area (Å²) in [5.41, 5.74) is 2.65. The summed E-state index contributed by atoms with van der Waals surface area (Å²) in [6, 6.07) is 5.63. The number of nitrogens with zero attached hydrogens (tertiary/aromatic N) is 2. The average molecular weight is 367 g/mol. The standard InChI is InChI=1S/C19H30N2O3S/c1-13-7-14(2)11-20(10-13)12-19(22)16-5-6-18-17(9-16)8-15(3)21(18)25(4,23)24/h5-6,9,13-15,19,22H,7-8,10-12H2,1-4H3/t13-,14+,15-,19+/m0/s1. The van der Waals surface area contributed by atoms with Gasteiger partial charge in [0.1, 0.15) is 0 Å². The maximum atomic E-state index is 12.0. The van der Waals surface area contributed by atoms with Gasteiger partial charge in [0.25, 0.3) is 0 Å². The van der Waals surface area contributed by atoms with Gasteiger partial charge in [-0.1, -0.05) is 26.0 Å². The number of fused-ring (bicyclic) bond motifs is 1. The molecule has 0 unspecified atom stereocenters. The Morgan fingerprint density at radius 1 is 1.20 bits per heavy atom. The molecule has 4 atom stereocenters. The van der Waals surface area contributed by atoms with Crippen LogP contribution in [-0.2, 0) is 16.4 Å². The molecule has 5 nitrogen and oxygen atoms in total. The summed E-state index contributed by atoms with van der Waals surface area (Å²) in [6.45, 7) is 9.17. The number of aliphatic hydroxyl groups is 1. The van der Waals surface area contributed by atoms with E-state index < -0.39 is 16.1 Å². The first-order valence-corrected chi connectivity index (χ1v) is 11.0. The van der Waals surface area contributed by atoms with Crippen LogP contribution < -0.4 is 4.31 Å². The van der Waals surface area contributed by atoms with Crippen LogP contribution in [0.2, 0.25) is 0 Å². The predicted molar refractivity (Wildman–Crippen MR) is 101 cm³/mol. The fourth-order valence-corrected chi connectivity index (χ4v) is 5.89. The predicted octanol–water partition coefficient (Wildman–Crippen LogP) is 2.41. The van der Waals surface area contributed by atoms with Crippen molar-refractivity contribution in [2.45, 2.75) is 45.8 Å². The van der Waals surface area contributed by atoms with Crippen molar-refractivity contribution in [1.82, 2.24) is 4.90 Å². The first kappa shape index (κ1) is 18.7. The van der Waals surface area contributed by atoms with Crippen LogP contribution in [0.5, 0.6) is 0 Å². The summed E-state index contributed by atoms with van der Waals surface area (Å²) in [5.74, 6) is 1.33. The molecule has 0 aliphatic carbocycles. The number of β-amino-alcohol motifs (C(OH)–C–C–N with tert-alkyl or cyclic N) is 1. The molecule has 0 aromatic heterocycles. The van der Waals surface area contributed by atoms with E-state index in [1.54, 1.807) is 0 Å². The van der Waals surface area contributed by atoms with Crippen molar-refractivity contribution in [3.05, 3.63) is 29.3 Å². The molecule has 0 spiro atoms. The normalized spacial score (nSPS) is 28.8. The van der Waals surface area contributed by atoms with Crippen LogP contribution in [0.25, 0.3) is 0 Å². The van der Waals surface area contributed by atoms with Crippen LogP contribution >= 0.6 is 0 Å². The fraction of sp³-hybridized carbons (Fsp3) is 0.684.